The van der Waals surface area contributed by atoms with Gasteiger partial charge in [0.1, 0.15) is 5.58 Å². The van der Waals surface area contributed by atoms with Gasteiger partial charge in [0.15, 0.2) is 5.76 Å². The summed E-state index contributed by atoms with van der Waals surface area (Å²) in [7, 11) is 0. The lowest BCUT2D eigenvalue weighted by atomic mass is 10.1. The number of para-hydroxylation sites is 1. The molecule has 3 aromatic carbocycles. The molecule has 1 N–H and O–H groups in total. The summed E-state index contributed by atoms with van der Waals surface area (Å²) in [5.74, 6) is 1.85. The van der Waals surface area contributed by atoms with Crippen LogP contribution in [0.15, 0.2) is 77.2 Å². The Labute approximate surface area is 180 Å². The quantitative estimate of drug-likeness (QED) is 0.387. The number of nitrogens with one attached hydrogen (secondary N) is 1. The maximum absolute atomic E-state index is 13.1. The number of aryl methyl sites for hydroxylation is 2. The summed E-state index contributed by atoms with van der Waals surface area (Å²) < 4.78 is 6.00. The number of hydrogen-bond donors (Lipinski definition) is 1. The predicted molar refractivity (Wildman–Crippen MR) is 124 cm³/mol. The first kappa shape index (κ1) is 19.0. The predicted octanol–water partition coefficient (Wildman–Crippen LogP) is 6.61. The zero-order chi connectivity index (χ0) is 20.3. The first-order valence-electron chi connectivity index (χ1n) is 10.3. The van der Waals surface area contributed by atoms with Crippen LogP contribution < -0.4 is 5.32 Å². The summed E-state index contributed by atoms with van der Waals surface area (Å²) in [6.45, 7) is 0. The van der Waals surface area contributed by atoms with Crippen LogP contribution in [0.3, 0.4) is 0 Å². The Balaban J connectivity index is 1.38. The maximum atomic E-state index is 13.1. The molecule has 1 heterocycles. The van der Waals surface area contributed by atoms with Gasteiger partial charge in [-0.15, -0.1) is 0 Å². The van der Waals surface area contributed by atoms with Gasteiger partial charge >= 0.3 is 0 Å². The molecular formula is C26H23NO2S. The minimum atomic E-state index is -0.181. The number of benzene rings is 3. The van der Waals surface area contributed by atoms with Gasteiger partial charge in [-0.3, -0.25) is 4.79 Å². The Morgan fingerprint density at radius 1 is 0.900 bits per heavy atom. The molecule has 1 aliphatic rings. The van der Waals surface area contributed by atoms with Crippen LogP contribution in [0.2, 0.25) is 0 Å². The van der Waals surface area contributed by atoms with Gasteiger partial charge in [-0.05, 0) is 54.2 Å². The fraction of sp³-hybridized carbons (Fsp3) is 0.192. The zero-order valence-corrected chi connectivity index (χ0v) is 17.5. The van der Waals surface area contributed by atoms with Crippen LogP contribution in [0.4, 0.5) is 5.69 Å². The van der Waals surface area contributed by atoms with Crippen LogP contribution in [0.1, 0.15) is 39.2 Å². The molecule has 0 saturated carbocycles. The third kappa shape index (κ3) is 3.88. The van der Waals surface area contributed by atoms with Crippen LogP contribution in [0, 0.1) is 0 Å². The van der Waals surface area contributed by atoms with E-state index < -0.39 is 0 Å². The van der Waals surface area contributed by atoms with E-state index in [1.807, 2.05) is 36.4 Å². The highest BCUT2D eigenvalue weighted by atomic mass is 32.2. The number of rotatable bonds is 6. The van der Waals surface area contributed by atoms with Crippen molar-refractivity contribution in [1.82, 2.24) is 0 Å². The summed E-state index contributed by atoms with van der Waals surface area (Å²) in [6, 6.07) is 24.5. The normalized spacial score (nSPS) is 12.8. The lowest BCUT2D eigenvalue weighted by molar-refractivity contribution is 0.0998. The van der Waals surface area contributed by atoms with Crippen LogP contribution in [-0.2, 0) is 24.3 Å². The van der Waals surface area contributed by atoms with Crippen molar-refractivity contribution in [3.63, 3.8) is 0 Å². The largest absolute Gasteiger partial charge is 0.451 e. The number of carbonyl (C=O) groups is 1. The molecule has 150 valence electrons. The molecule has 1 aromatic heterocycles. The number of fused-ring (bicyclic) bond motifs is 2. The van der Waals surface area contributed by atoms with Gasteiger partial charge in [0.2, 0.25) is 0 Å². The van der Waals surface area contributed by atoms with E-state index >= 15 is 0 Å². The van der Waals surface area contributed by atoms with Crippen molar-refractivity contribution in [2.24, 2.45) is 0 Å². The van der Waals surface area contributed by atoms with E-state index in [4.69, 9.17) is 4.42 Å². The molecule has 5 rings (SSSR count). The van der Waals surface area contributed by atoms with Gasteiger partial charge in [-0.1, -0.05) is 54.6 Å². The van der Waals surface area contributed by atoms with E-state index in [1.54, 1.807) is 11.8 Å². The van der Waals surface area contributed by atoms with Crippen LogP contribution in [0.25, 0.3) is 11.0 Å². The average molecular weight is 414 g/mol. The van der Waals surface area contributed by atoms with E-state index in [0.717, 1.165) is 46.6 Å². The van der Waals surface area contributed by atoms with E-state index in [0.29, 0.717) is 5.76 Å². The summed E-state index contributed by atoms with van der Waals surface area (Å²) in [4.78, 5) is 13.1. The number of amides is 1. The second-order valence-electron chi connectivity index (χ2n) is 7.68. The summed E-state index contributed by atoms with van der Waals surface area (Å²) in [6.07, 6.45) is 3.42. The van der Waals surface area contributed by atoms with Gasteiger partial charge < -0.3 is 9.73 Å². The molecule has 1 aliphatic carbocycles. The van der Waals surface area contributed by atoms with Crippen LogP contribution in [0.5, 0.6) is 0 Å². The molecule has 0 bridgehead atoms. The Kier molecular flexibility index (Phi) is 5.33. The van der Waals surface area contributed by atoms with Crippen molar-refractivity contribution in [3.8, 4) is 0 Å². The SMILES string of the molecule is O=C(Nc1ccc2c(c1)CCC2)c1oc2ccccc2c1CSCc1ccccc1. The fourth-order valence-corrected chi connectivity index (χ4v) is 5.13. The number of hydrogen-bond acceptors (Lipinski definition) is 3. The van der Waals surface area contributed by atoms with Crippen molar-refractivity contribution in [2.45, 2.75) is 30.8 Å². The molecule has 0 atom stereocenters. The third-order valence-corrected chi connectivity index (χ3v) is 6.65. The molecule has 3 nitrogen and oxygen atoms in total. The highest BCUT2D eigenvalue weighted by Gasteiger charge is 2.21. The van der Waals surface area contributed by atoms with Crippen molar-refractivity contribution in [1.29, 1.82) is 0 Å². The minimum absolute atomic E-state index is 0.181. The molecule has 4 heteroatoms. The monoisotopic (exact) mass is 413 g/mol. The summed E-state index contributed by atoms with van der Waals surface area (Å²) in [5.41, 5.74) is 6.58. The Morgan fingerprint density at radius 2 is 1.70 bits per heavy atom. The molecule has 4 aromatic rings. The number of carbonyl (C=O) groups excluding carboxylic acids is 1. The Bertz CT molecular complexity index is 1200. The molecule has 0 radical (unpaired) electrons. The maximum Gasteiger partial charge on any atom is 0.291 e. The molecule has 0 saturated heterocycles. The molecule has 0 unspecified atom stereocenters. The molecule has 1 amide bonds. The lowest BCUT2D eigenvalue weighted by Crippen LogP contribution is -2.13. The number of furan rings is 1. The Morgan fingerprint density at radius 3 is 2.60 bits per heavy atom. The Hall–Kier alpha value is -2.98. The number of thioether (sulfide) groups is 1. The first-order valence-corrected chi connectivity index (χ1v) is 11.5. The van der Waals surface area contributed by atoms with Gasteiger partial charge in [0, 0.05) is 28.1 Å². The van der Waals surface area contributed by atoms with E-state index in [1.165, 1.54) is 23.1 Å². The fourth-order valence-electron chi connectivity index (χ4n) is 4.11. The van der Waals surface area contributed by atoms with Gasteiger partial charge in [0.05, 0.1) is 0 Å². The molecule has 0 fully saturated rings. The topological polar surface area (TPSA) is 42.2 Å². The minimum Gasteiger partial charge on any atom is -0.451 e. The first-order chi connectivity index (χ1) is 14.8. The van der Waals surface area contributed by atoms with Crippen molar-refractivity contribution in [2.75, 3.05) is 5.32 Å². The molecule has 30 heavy (non-hydrogen) atoms. The second kappa shape index (κ2) is 8.41. The van der Waals surface area contributed by atoms with Gasteiger partial charge in [-0.25, -0.2) is 0 Å². The highest BCUT2D eigenvalue weighted by molar-refractivity contribution is 7.97. The summed E-state index contributed by atoms with van der Waals surface area (Å²) >= 11 is 1.79. The van der Waals surface area contributed by atoms with Crippen molar-refractivity contribution < 1.29 is 9.21 Å². The smallest absolute Gasteiger partial charge is 0.291 e. The second-order valence-corrected chi connectivity index (χ2v) is 8.66. The van der Waals surface area contributed by atoms with Crippen LogP contribution >= 0.6 is 11.8 Å². The highest BCUT2D eigenvalue weighted by Crippen LogP contribution is 2.31. The van der Waals surface area contributed by atoms with Gasteiger partial charge in [-0.2, -0.15) is 11.8 Å². The van der Waals surface area contributed by atoms with E-state index in [9.17, 15) is 4.79 Å². The number of anilines is 1. The van der Waals surface area contributed by atoms with Gasteiger partial charge in [0.25, 0.3) is 5.91 Å². The molecule has 0 spiro atoms. The zero-order valence-electron chi connectivity index (χ0n) is 16.7. The lowest BCUT2D eigenvalue weighted by Gasteiger charge is -2.08. The summed E-state index contributed by atoms with van der Waals surface area (Å²) in [5, 5.41) is 4.07. The van der Waals surface area contributed by atoms with Crippen LogP contribution in [-0.4, -0.2) is 5.91 Å². The van der Waals surface area contributed by atoms with Crippen molar-refractivity contribution >= 4 is 34.3 Å². The van der Waals surface area contributed by atoms with E-state index in [2.05, 4.69) is 41.7 Å². The third-order valence-electron chi connectivity index (χ3n) is 5.62. The van der Waals surface area contributed by atoms with E-state index in [-0.39, 0.29) is 5.91 Å². The molecule has 0 aliphatic heterocycles. The van der Waals surface area contributed by atoms with Crippen molar-refractivity contribution in [3.05, 3.63) is 101 Å². The average Bonchev–Trinajstić information content (AvgIpc) is 3.39. The molecular weight excluding hydrogens is 390 g/mol. The standard InChI is InChI=1S/C26H23NO2S/c28-26(27-21-14-13-19-9-6-10-20(19)15-21)25-23(22-11-4-5-12-24(22)29-25)17-30-16-18-7-2-1-3-8-18/h1-5,7-8,11-15H,6,9-10,16-17H2,(H,27,28).